The Labute approximate surface area is 139 Å². The summed E-state index contributed by atoms with van der Waals surface area (Å²) >= 11 is 0. The standard InChI is InChI=1S/C18H32O5/c19-10-6-3-1-2-4-8-15-14(13-20)12-16(18(15)21)23-17-9-5-7-11-22-17/h13-19,21H,1-12H2. The van der Waals surface area contributed by atoms with Gasteiger partial charge >= 0.3 is 0 Å². The summed E-state index contributed by atoms with van der Waals surface area (Å²) < 4.78 is 11.5. The van der Waals surface area contributed by atoms with Gasteiger partial charge in [0.05, 0.1) is 12.2 Å². The average Bonchev–Trinajstić information content (AvgIpc) is 2.87. The molecule has 23 heavy (non-hydrogen) atoms. The topological polar surface area (TPSA) is 76.0 Å². The average molecular weight is 328 g/mol. The molecule has 5 unspecified atom stereocenters. The second-order valence-electron chi connectivity index (χ2n) is 6.94. The van der Waals surface area contributed by atoms with E-state index < -0.39 is 6.10 Å². The number of hydrogen-bond acceptors (Lipinski definition) is 5. The van der Waals surface area contributed by atoms with Crippen LogP contribution in [0.15, 0.2) is 0 Å². The van der Waals surface area contributed by atoms with Crippen LogP contribution in [0.25, 0.3) is 0 Å². The van der Waals surface area contributed by atoms with E-state index >= 15 is 0 Å². The third-order valence-electron chi connectivity index (χ3n) is 5.21. The van der Waals surface area contributed by atoms with Gasteiger partial charge in [-0.3, -0.25) is 0 Å². The first kappa shape index (κ1) is 18.8. The molecule has 0 spiro atoms. The minimum atomic E-state index is -0.562. The lowest BCUT2D eigenvalue weighted by molar-refractivity contribution is -0.203. The molecular weight excluding hydrogens is 296 g/mol. The van der Waals surface area contributed by atoms with E-state index in [1.54, 1.807) is 0 Å². The molecule has 2 aliphatic rings. The summed E-state index contributed by atoms with van der Waals surface area (Å²) in [5.41, 5.74) is 0. The molecule has 1 saturated carbocycles. The summed E-state index contributed by atoms with van der Waals surface area (Å²) in [4.78, 5) is 11.3. The maximum absolute atomic E-state index is 11.3. The Hall–Kier alpha value is -0.490. The van der Waals surface area contributed by atoms with Gasteiger partial charge in [0.25, 0.3) is 0 Å². The van der Waals surface area contributed by atoms with Gasteiger partial charge in [-0.2, -0.15) is 0 Å². The largest absolute Gasteiger partial charge is 0.396 e. The van der Waals surface area contributed by atoms with Crippen molar-refractivity contribution in [2.75, 3.05) is 13.2 Å². The lowest BCUT2D eigenvalue weighted by atomic mass is 9.90. The molecule has 1 saturated heterocycles. The Morgan fingerprint density at radius 2 is 1.91 bits per heavy atom. The van der Waals surface area contributed by atoms with Crippen molar-refractivity contribution in [3.8, 4) is 0 Å². The molecule has 0 aromatic carbocycles. The van der Waals surface area contributed by atoms with E-state index in [-0.39, 0.29) is 30.8 Å². The minimum absolute atomic E-state index is 0.0129. The Bertz CT molecular complexity index is 329. The fraction of sp³-hybridized carbons (Fsp3) is 0.944. The molecule has 5 nitrogen and oxygen atoms in total. The fourth-order valence-corrected chi connectivity index (χ4v) is 3.82. The number of carbonyl (C=O) groups excluding carboxylic acids is 1. The Balaban J connectivity index is 1.73. The third kappa shape index (κ3) is 5.82. The van der Waals surface area contributed by atoms with Gasteiger partial charge in [0.2, 0.25) is 0 Å². The first-order valence-electron chi connectivity index (χ1n) is 9.27. The number of hydrogen-bond donors (Lipinski definition) is 2. The van der Waals surface area contributed by atoms with Crippen LogP contribution in [0.2, 0.25) is 0 Å². The number of carbonyl (C=O) groups is 1. The van der Waals surface area contributed by atoms with Crippen LogP contribution in [0.5, 0.6) is 0 Å². The highest BCUT2D eigenvalue weighted by molar-refractivity contribution is 5.55. The van der Waals surface area contributed by atoms with Crippen molar-refractivity contribution in [2.45, 2.75) is 82.7 Å². The van der Waals surface area contributed by atoms with E-state index in [9.17, 15) is 9.90 Å². The number of aliphatic hydroxyl groups is 2. The molecule has 5 atom stereocenters. The van der Waals surface area contributed by atoms with Crippen LogP contribution in [0, 0.1) is 11.8 Å². The summed E-state index contributed by atoms with van der Waals surface area (Å²) in [5, 5.41) is 19.3. The molecule has 2 N–H and O–H groups in total. The Kier molecular flexibility index (Phi) is 8.51. The minimum Gasteiger partial charge on any atom is -0.396 e. The molecule has 5 heteroatoms. The summed E-state index contributed by atoms with van der Waals surface area (Å²) in [6.07, 6.45) is 9.59. The van der Waals surface area contributed by atoms with E-state index in [2.05, 4.69) is 0 Å². The van der Waals surface area contributed by atoms with Crippen molar-refractivity contribution < 1.29 is 24.5 Å². The van der Waals surface area contributed by atoms with Gasteiger partial charge in [0.15, 0.2) is 6.29 Å². The van der Waals surface area contributed by atoms with E-state index in [4.69, 9.17) is 14.6 Å². The molecule has 1 heterocycles. The molecule has 0 aromatic rings. The second-order valence-corrected chi connectivity index (χ2v) is 6.94. The first-order valence-corrected chi connectivity index (χ1v) is 9.27. The number of aliphatic hydroxyl groups excluding tert-OH is 2. The van der Waals surface area contributed by atoms with Gasteiger partial charge in [-0.15, -0.1) is 0 Å². The lowest BCUT2D eigenvalue weighted by Crippen LogP contribution is -2.34. The van der Waals surface area contributed by atoms with Gasteiger partial charge in [0, 0.05) is 19.1 Å². The number of unbranched alkanes of at least 4 members (excludes halogenated alkanes) is 4. The van der Waals surface area contributed by atoms with Gasteiger partial charge in [0.1, 0.15) is 6.29 Å². The Morgan fingerprint density at radius 3 is 2.61 bits per heavy atom. The van der Waals surface area contributed by atoms with E-state index in [1.807, 2.05) is 0 Å². The molecule has 0 aromatic heterocycles. The molecule has 134 valence electrons. The van der Waals surface area contributed by atoms with Gasteiger partial charge in [-0.05, 0) is 44.4 Å². The van der Waals surface area contributed by atoms with Crippen LogP contribution in [-0.2, 0) is 14.3 Å². The fourth-order valence-electron chi connectivity index (χ4n) is 3.82. The molecule has 0 amide bonds. The molecule has 0 bridgehead atoms. The van der Waals surface area contributed by atoms with E-state index in [0.29, 0.717) is 6.42 Å². The second kappa shape index (κ2) is 10.4. The van der Waals surface area contributed by atoms with Crippen molar-refractivity contribution in [2.24, 2.45) is 11.8 Å². The van der Waals surface area contributed by atoms with Crippen molar-refractivity contribution >= 4 is 6.29 Å². The van der Waals surface area contributed by atoms with Crippen LogP contribution >= 0.6 is 0 Å². The summed E-state index contributed by atoms with van der Waals surface area (Å²) in [6, 6.07) is 0. The van der Waals surface area contributed by atoms with Gasteiger partial charge < -0.3 is 24.5 Å². The molecule has 1 aliphatic carbocycles. The number of aldehydes is 1. The van der Waals surface area contributed by atoms with Gasteiger partial charge in [-0.25, -0.2) is 0 Å². The van der Waals surface area contributed by atoms with Crippen molar-refractivity contribution in [1.29, 1.82) is 0 Å². The van der Waals surface area contributed by atoms with Crippen LogP contribution in [0.1, 0.15) is 64.2 Å². The van der Waals surface area contributed by atoms with Crippen LogP contribution in [0.4, 0.5) is 0 Å². The number of rotatable bonds is 10. The zero-order chi connectivity index (χ0) is 16.5. The van der Waals surface area contributed by atoms with E-state index in [0.717, 1.165) is 70.7 Å². The highest BCUT2D eigenvalue weighted by atomic mass is 16.7. The molecular formula is C18H32O5. The summed E-state index contributed by atoms with van der Waals surface area (Å²) in [7, 11) is 0. The predicted molar refractivity (Wildman–Crippen MR) is 86.9 cm³/mol. The zero-order valence-electron chi connectivity index (χ0n) is 14.1. The highest BCUT2D eigenvalue weighted by Gasteiger charge is 2.43. The number of ether oxygens (including phenoxy) is 2. The third-order valence-corrected chi connectivity index (χ3v) is 5.21. The van der Waals surface area contributed by atoms with Crippen molar-refractivity contribution in [3.05, 3.63) is 0 Å². The molecule has 1 aliphatic heterocycles. The van der Waals surface area contributed by atoms with Gasteiger partial charge in [-0.1, -0.05) is 25.7 Å². The quantitative estimate of drug-likeness (QED) is 0.476. The van der Waals surface area contributed by atoms with Crippen LogP contribution < -0.4 is 0 Å². The maximum Gasteiger partial charge on any atom is 0.158 e. The van der Waals surface area contributed by atoms with Crippen molar-refractivity contribution in [1.82, 2.24) is 0 Å². The smallest absolute Gasteiger partial charge is 0.158 e. The molecule has 2 fully saturated rings. The highest BCUT2D eigenvalue weighted by Crippen LogP contribution is 2.37. The summed E-state index contributed by atoms with van der Waals surface area (Å²) in [6.45, 7) is 0.985. The molecule has 2 rings (SSSR count). The van der Waals surface area contributed by atoms with Crippen molar-refractivity contribution in [3.63, 3.8) is 0 Å². The SMILES string of the molecule is O=CC1CC(OC2CCCCO2)C(O)C1CCCCCCCO. The van der Waals surface area contributed by atoms with E-state index in [1.165, 1.54) is 0 Å². The predicted octanol–water partition coefficient (Wildman–Crippen LogP) is 2.43. The lowest BCUT2D eigenvalue weighted by Gasteiger charge is -2.28. The molecule has 0 radical (unpaired) electrons. The van der Waals surface area contributed by atoms with Crippen LogP contribution in [-0.4, -0.2) is 48.2 Å². The maximum atomic E-state index is 11.3. The monoisotopic (exact) mass is 328 g/mol. The summed E-state index contributed by atoms with van der Waals surface area (Å²) in [5.74, 6) is -0.0880. The first-order chi connectivity index (χ1) is 11.3. The Morgan fingerprint density at radius 1 is 1.13 bits per heavy atom. The zero-order valence-corrected chi connectivity index (χ0v) is 14.1. The normalized spacial score (nSPS) is 34.6. The van der Waals surface area contributed by atoms with Crippen LogP contribution in [0.3, 0.4) is 0 Å².